The first kappa shape index (κ1) is 19.1. The van der Waals surface area contributed by atoms with Gasteiger partial charge in [-0.1, -0.05) is 23.4 Å². The standard InChI is InChI=1S/C22H22FN3O3/c1-13-18(14(2)29-26-13)12-28-20-6-4-3-5-17(20)22(27)25-19-8-7-15-11-24-10-9-16(15)21(19)23/h3-8,24H,9-12H2,1-2H3,(H,25,27). The quantitative estimate of drug-likeness (QED) is 0.685. The van der Waals surface area contributed by atoms with Crippen LogP contribution in [0, 0.1) is 19.7 Å². The Kier molecular flexibility index (Phi) is 5.31. The van der Waals surface area contributed by atoms with Crippen molar-refractivity contribution in [2.45, 2.75) is 33.4 Å². The molecule has 0 bridgehead atoms. The van der Waals surface area contributed by atoms with Crippen LogP contribution >= 0.6 is 0 Å². The van der Waals surface area contributed by atoms with Crippen molar-refractivity contribution in [3.05, 3.63) is 75.9 Å². The van der Waals surface area contributed by atoms with Crippen LogP contribution in [-0.4, -0.2) is 17.6 Å². The summed E-state index contributed by atoms with van der Waals surface area (Å²) < 4.78 is 25.9. The van der Waals surface area contributed by atoms with E-state index in [1.807, 2.05) is 19.9 Å². The molecule has 0 saturated heterocycles. The molecule has 0 fully saturated rings. The van der Waals surface area contributed by atoms with Gasteiger partial charge in [-0.05, 0) is 56.1 Å². The van der Waals surface area contributed by atoms with Gasteiger partial charge in [0, 0.05) is 6.54 Å². The molecular formula is C22H22FN3O3. The summed E-state index contributed by atoms with van der Waals surface area (Å²) in [6.45, 7) is 5.23. The summed E-state index contributed by atoms with van der Waals surface area (Å²) in [5, 5.41) is 9.81. The molecule has 2 heterocycles. The first-order valence-corrected chi connectivity index (χ1v) is 9.50. The molecule has 150 valence electrons. The first-order chi connectivity index (χ1) is 14.0. The highest BCUT2D eigenvalue weighted by Crippen LogP contribution is 2.27. The minimum atomic E-state index is -0.424. The van der Waals surface area contributed by atoms with Crippen LogP contribution in [-0.2, 0) is 19.6 Å². The highest BCUT2D eigenvalue weighted by atomic mass is 19.1. The van der Waals surface area contributed by atoms with Gasteiger partial charge in [-0.15, -0.1) is 0 Å². The summed E-state index contributed by atoms with van der Waals surface area (Å²) in [5.41, 5.74) is 3.68. The number of ether oxygens (including phenoxy) is 1. The summed E-state index contributed by atoms with van der Waals surface area (Å²) in [6.07, 6.45) is 0.599. The Labute approximate surface area is 168 Å². The highest BCUT2D eigenvalue weighted by molar-refractivity contribution is 6.06. The molecule has 7 heteroatoms. The Hall–Kier alpha value is -3.19. The summed E-state index contributed by atoms with van der Waals surface area (Å²) >= 11 is 0. The number of carbonyl (C=O) groups excluding carboxylic acids is 1. The van der Waals surface area contributed by atoms with Crippen molar-refractivity contribution in [1.82, 2.24) is 10.5 Å². The number of halogens is 1. The summed E-state index contributed by atoms with van der Waals surface area (Å²) in [5.74, 6) is 0.293. The molecule has 1 aromatic heterocycles. The largest absolute Gasteiger partial charge is 0.488 e. The fraction of sp³-hybridized carbons (Fsp3) is 0.273. The highest BCUT2D eigenvalue weighted by Gasteiger charge is 2.20. The smallest absolute Gasteiger partial charge is 0.259 e. The lowest BCUT2D eigenvalue weighted by Crippen LogP contribution is -2.25. The lowest BCUT2D eigenvalue weighted by molar-refractivity contribution is 0.102. The number of hydrogen-bond donors (Lipinski definition) is 2. The SMILES string of the molecule is Cc1noc(C)c1COc1ccccc1C(=O)Nc1ccc2c(c1F)CCNC2. The molecule has 0 aliphatic carbocycles. The number of amides is 1. The Morgan fingerprint density at radius 3 is 2.90 bits per heavy atom. The number of benzene rings is 2. The lowest BCUT2D eigenvalue weighted by Gasteiger charge is -2.19. The minimum absolute atomic E-state index is 0.177. The van der Waals surface area contributed by atoms with E-state index in [0.717, 1.165) is 23.4 Å². The van der Waals surface area contributed by atoms with E-state index in [4.69, 9.17) is 9.26 Å². The molecule has 3 aromatic rings. The molecule has 1 amide bonds. The van der Waals surface area contributed by atoms with Crippen molar-refractivity contribution in [2.75, 3.05) is 11.9 Å². The second-order valence-electron chi connectivity index (χ2n) is 7.03. The third-order valence-corrected chi connectivity index (χ3v) is 5.14. The van der Waals surface area contributed by atoms with Gasteiger partial charge < -0.3 is 19.9 Å². The van der Waals surface area contributed by atoms with Crippen molar-refractivity contribution < 1.29 is 18.4 Å². The van der Waals surface area contributed by atoms with Gasteiger partial charge in [0.2, 0.25) is 0 Å². The van der Waals surface area contributed by atoms with Gasteiger partial charge in [-0.2, -0.15) is 0 Å². The Bertz CT molecular complexity index is 1040. The fourth-order valence-electron chi connectivity index (χ4n) is 3.46. The monoisotopic (exact) mass is 395 g/mol. The van der Waals surface area contributed by atoms with E-state index in [9.17, 15) is 9.18 Å². The maximum Gasteiger partial charge on any atom is 0.259 e. The molecule has 6 nitrogen and oxygen atoms in total. The Morgan fingerprint density at radius 1 is 1.28 bits per heavy atom. The average Bonchev–Trinajstić information content (AvgIpc) is 3.06. The molecule has 4 rings (SSSR count). The normalized spacial score (nSPS) is 13.1. The molecule has 0 spiro atoms. The molecule has 2 aromatic carbocycles. The Balaban J connectivity index is 1.54. The number of nitrogens with zero attached hydrogens (tertiary/aromatic N) is 1. The van der Waals surface area contributed by atoms with Crippen LogP contribution in [0.25, 0.3) is 0 Å². The second-order valence-corrected chi connectivity index (χ2v) is 7.03. The van der Waals surface area contributed by atoms with Crippen LogP contribution in [0.3, 0.4) is 0 Å². The zero-order chi connectivity index (χ0) is 20.4. The van der Waals surface area contributed by atoms with Crippen molar-refractivity contribution >= 4 is 11.6 Å². The van der Waals surface area contributed by atoms with E-state index in [-0.39, 0.29) is 18.1 Å². The molecule has 1 aliphatic rings. The maximum atomic E-state index is 14.9. The lowest BCUT2D eigenvalue weighted by atomic mass is 9.99. The van der Waals surface area contributed by atoms with Gasteiger partial charge in [0.05, 0.1) is 22.5 Å². The van der Waals surface area contributed by atoms with E-state index in [1.54, 1.807) is 30.3 Å². The second kappa shape index (κ2) is 8.05. The van der Waals surface area contributed by atoms with Gasteiger partial charge in [0.1, 0.15) is 23.9 Å². The van der Waals surface area contributed by atoms with E-state index in [0.29, 0.717) is 35.6 Å². The van der Waals surface area contributed by atoms with Crippen molar-refractivity contribution in [3.8, 4) is 5.75 Å². The van der Waals surface area contributed by atoms with E-state index in [2.05, 4.69) is 15.8 Å². The molecule has 0 unspecified atom stereocenters. The number of para-hydroxylation sites is 1. The number of aromatic nitrogens is 1. The van der Waals surface area contributed by atoms with E-state index in [1.165, 1.54) is 0 Å². The fourth-order valence-corrected chi connectivity index (χ4v) is 3.46. The predicted molar refractivity (Wildman–Crippen MR) is 107 cm³/mol. The molecular weight excluding hydrogens is 373 g/mol. The minimum Gasteiger partial charge on any atom is -0.488 e. The number of fused-ring (bicyclic) bond motifs is 1. The Morgan fingerprint density at radius 2 is 2.10 bits per heavy atom. The molecule has 0 radical (unpaired) electrons. The number of rotatable bonds is 5. The van der Waals surface area contributed by atoms with Gasteiger partial charge in [-0.3, -0.25) is 4.79 Å². The first-order valence-electron chi connectivity index (χ1n) is 9.50. The number of carbonyl (C=O) groups is 1. The molecule has 0 saturated carbocycles. The summed E-state index contributed by atoms with van der Waals surface area (Å²) in [4.78, 5) is 12.8. The van der Waals surface area contributed by atoms with Gasteiger partial charge in [0.25, 0.3) is 5.91 Å². The van der Waals surface area contributed by atoms with Crippen LogP contribution < -0.4 is 15.4 Å². The predicted octanol–water partition coefficient (Wildman–Crippen LogP) is 3.91. The summed E-state index contributed by atoms with van der Waals surface area (Å²) in [6, 6.07) is 10.3. The van der Waals surface area contributed by atoms with Gasteiger partial charge in [-0.25, -0.2) is 4.39 Å². The van der Waals surface area contributed by atoms with Crippen molar-refractivity contribution in [1.29, 1.82) is 0 Å². The number of anilines is 1. The molecule has 29 heavy (non-hydrogen) atoms. The topological polar surface area (TPSA) is 76.4 Å². The third kappa shape index (κ3) is 3.86. The molecule has 1 aliphatic heterocycles. The van der Waals surface area contributed by atoms with Gasteiger partial charge >= 0.3 is 0 Å². The van der Waals surface area contributed by atoms with Crippen LogP contribution in [0.1, 0.15) is 38.5 Å². The maximum absolute atomic E-state index is 14.9. The van der Waals surface area contributed by atoms with Crippen LogP contribution in [0.2, 0.25) is 0 Å². The van der Waals surface area contributed by atoms with Crippen molar-refractivity contribution in [2.24, 2.45) is 0 Å². The van der Waals surface area contributed by atoms with Crippen molar-refractivity contribution in [3.63, 3.8) is 0 Å². The van der Waals surface area contributed by atoms with Crippen LogP contribution in [0.4, 0.5) is 10.1 Å². The average molecular weight is 395 g/mol. The summed E-state index contributed by atoms with van der Waals surface area (Å²) in [7, 11) is 0. The number of nitrogens with one attached hydrogen (secondary N) is 2. The van der Waals surface area contributed by atoms with E-state index >= 15 is 0 Å². The van der Waals surface area contributed by atoms with Gasteiger partial charge in [0.15, 0.2) is 0 Å². The van der Waals surface area contributed by atoms with E-state index < -0.39 is 5.91 Å². The van der Waals surface area contributed by atoms with Crippen LogP contribution in [0.15, 0.2) is 40.9 Å². The molecule has 2 N–H and O–H groups in total. The third-order valence-electron chi connectivity index (χ3n) is 5.14. The zero-order valence-corrected chi connectivity index (χ0v) is 16.3. The zero-order valence-electron chi connectivity index (χ0n) is 16.3. The van der Waals surface area contributed by atoms with Crippen LogP contribution in [0.5, 0.6) is 5.75 Å². The number of aryl methyl sites for hydroxylation is 2. The number of hydrogen-bond acceptors (Lipinski definition) is 5. The molecule has 0 atom stereocenters.